The molecule has 0 spiro atoms. The summed E-state index contributed by atoms with van der Waals surface area (Å²) in [4.78, 5) is 13.0. The van der Waals surface area contributed by atoms with E-state index in [1.807, 2.05) is 0 Å². The van der Waals surface area contributed by atoms with Crippen molar-refractivity contribution >= 4 is 61.4 Å². The van der Waals surface area contributed by atoms with Gasteiger partial charge in [-0.2, -0.15) is 0 Å². The largest absolute Gasteiger partial charge is 0.497 e. The summed E-state index contributed by atoms with van der Waals surface area (Å²) in [5.41, 5.74) is 2.03. The Morgan fingerprint density at radius 2 is 1.60 bits per heavy atom. The number of hydrogen-bond donors (Lipinski definition) is 2. The number of rotatable bonds is 7. The molecule has 1 amide bonds. The lowest BCUT2D eigenvalue weighted by atomic mass is 10.2. The lowest BCUT2D eigenvalue weighted by Gasteiger charge is -2.11. The fourth-order valence-corrected chi connectivity index (χ4v) is 5.08. The molecule has 0 aliphatic carbocycles. The van der Waals surface area contributed by atoms with Crippen LogP contribution in [0.3, 0.4) is 0 Å². The van der Waals surface area contributed by atoms with Gasteiger partial charge in [0.1, 0.15) is 17.2 Å². The standard InChI is InChI=1S/C24H21Cl2N3O5S/c1-29-21(24(30)28-35(31,32)16-7-5-15(33-2)6-8-16)13-17-20(11-10-19(26)23(17)29)27-14-4-9-18(25)22(12-14)34-3/h4-13,27H,1-3H3,(H,28,30). The monoisotopic (exact) mass is 533 g/mol. The molecule has 35 heavy (non-hydrogen) atoms. The van der Waals surface area contributed by atoms with Crippen LogP contribution in [-0.2, 0) is 17.1 Å². The van der Waals surface area contributed by atoms with Crippen LogP contribution < -0.4 is 19.5 Å². The summed E-state index contributed by atoms with van der Waals surface area (Å²) in [6.07, 6.45) is 0. The topological polar surface area (TPSA) is 98.7 Å². The number of ether oxygens (including phenoxy) is 2. The molecule has 0 fully saturated rings. The lowest BCUT2D eigenvalue weighted by molar-refractivity contribution is 0.0974. The second-order valence-electron chi connectivity index (χ2n) is 7.53. The molecular weight excluding hydrogens is 513 g/mol. The Labute approximate surface area is 212 Å². The van der Waals surface area contributed by atoms with Crippen molar-refractivity contribution in [1.29, 1.82) is 0 Å². The van der Waals surface area contributed by atoms with Crippen molar-refractivity contribution in [3.8, 4) is 11.5 Å². The summed E-state index contributed by atoms with van der Waals surface area (Å²) in [6, 6.07) is 16.0. The number of nitrogens with zero attached hydrogens (tertiary/aromatic N) is 1. The van der Waals surface area contributed by atoms with Gasteiger partial charge >= 0.3 is 0 Å². The summed E-state index contributed by atoms with van der Waals surface area (Å²) in [5.74, 6) is 0.199. The molecule has 0 atom stereocenters. The first kappa shape index (κ1) is 24.7. The molecule has 8 nitrogen and oxygen atoms in total. The number of carbonyl (C=O) groups is 1. The molecule has 1 aromatic heterocycles. The molecule has 0 radical (unpaired) electrons. The maximum atomic E-state index is 13.0. The third-order valence-electron chi connectivity index (χ3n) is 5.41. The van der Waals surface area contributed by atoms with Crippen LogP contribution in [0.2, 0.25) is 10.0 Å². The average Bonchev–Trinajstić information content (AvgIpc) is 3.20. The van der Waals surface area contributed by atoms with Crippen molar-refractivity contribution in [1.82, 2.24) is 9.29 Å². The highest BCUT2D eigenvalue weighted by Crippen LogP contribution is 2.35. The normalized spacial score (nSPS) is 11.3. The van der Waals surface area contributed by atoms with Gasteiger partial charge in [0.25, 0.3) is 15.9 Å². The number of fused-ring (bicyclic) bond motifs is 1. The minimum absolute atomic E-state index is 0.0671. The number of anilines is 2. The minimum atomic E-state index is -4.11. The van der Waals surface area contributed by atoms with E-state index in [9.17, 15) is 13.2 Å². The van der Waals surface area contributed by atoms with Crippen LogP contribution >= 0.6 is 23.2 Å². The number of hydrogen-bond acceptors (Lipinski definition) is 6. The number of aryl methyl sites for hydroxylation is 1. The number of amides is 1. The zero-order valence-corrected chi connectivity index (χ0v) is 21.3. The summed E-state index contributed by atoms with van der Waals surface area (Å²) >= 11 is 12.5. The van der Waals surface area contributed by atoms with E-state index < -0.39 is 15.9 Å². The maximum Gasteiger partial charge on any atom is 0.281 e. The predicted molar refractivity (Wildman–Crippen MR) is 137 cm³/mol. The molecule has 1 heterocycles. The Kier molecular flexibility index (Phi) is 6.84. The van der Waals surface area contributed by atoms with Crippen LogP contribution in [0.15, 0.2) is 65.6 Å². The Morgan fingerprint density at radius 3 is 2.26 bits per heavy atom. The predicted octanol–water partition coefficient (Wildman–Crippen LogP) is 5.36. The van der Waals surface area contributed by atoms with Gasteiger partial charge in [-0.3, -0.25) is 4.79 Å². The van der Waals surface area contributed by atoms with Crippen molar-refractivity contribution in [3.63, 3.8) is 0 Å². The van der Waals surface area contributed by atoms with Crippen molar-refractivity contribution < 1.29 is 22.7 Å². The molecule has 4 rings (SSSR count). The molecule has 182 valence electrons. The Morgan fingerprint density at radius 1 is 0.914 bits per heavy atom. The SMILES string of the molecule is COc1ccc(S(=O)(=O)NC(=O)c2cc3c(Nc4ccc(Cl)c(OC)c4)ccc(Cl)c3n2C)cc1. The number of aromatic nitrogens is 1. The van der Waals surface area contributed by atoms with Gasteiger partial charge in [0.2, 0.25) is 0 Å². The van der Waals surface area contributed by atoms with Crippen LogP contribution in [0, 0.1) is 0 Å². The van der Waals surface area contributed by atoms with Gasteiger partial charge < -0.3 is 19.4 Å². The Bertz CT molecular complexity index is 1530. The molecule has 11 heteroatoms. The first-order valence-electron chi connectivity index (χ1n) is 10.2. The van der Waals surface area contributed by atoms with E-state index in [-0.39, 0.29) is 10.6 Å². The summed E-state index contributed by atoms with van der Waals surface area (Å²) < 4.78 is 39.5. The molecule has 2 N–H and O–H groups in total. The van der Waals surface area contributed by atoms with Crippen molar-refractivity contribution in [2.24, 2.45) is 7.05 Å². The minimum Gasteiger partial charge on any atom is -0.497 e. The van der Waals surface area contributed by atoms with Crippen LogP contribution in [0.4, 0.5) is 11.4 Å². The van der Waals surface area contributed by atoms with Gasteiger partial charge in [0, 0.05) is 29.9 Å². The lowest BCUT2D eigenvalue weighted by Crippen LogP contribution is -2.31. The molecule has 0 bridgehead atoms. The van der Waals surface area contributed by atoms with E-state index in [2.05, 4.69) is 10.0 Å². The van der Waals surface area contributed by atoms with Crippen LogP contribution in [-0.4, -0.2) is 33.1 Å². The number of benzene rings is 3. The number of sulfonamides is 1. The number of halogens is 2. The van der Waals surface area contributed by atoms with Gasteiger partial charge in [-0.15, -0.1) is 0 Å². The summed E-state index contributed by atoms with van der Waals surface area (Å²) in [7, 11) is 0.523. The van der Waals surface area contributed by atoms with Crippen LogP contribution in [0.25, 0.3) is 10.9 Å². The molecule has 0 unspecified atom stereocenters. The van der Waals surface area contributed by atoms with Crippen LogP contribution in [0.1, 0.15) is 10.5 Å². The Balaban J connectivity index is 1.69. The van der Waals surface area contributed by atoms with E-state index in [1.165, 1.54) is 38.5 Å². The molecular formula is C24H21Cl2N3O5S. The zero-order chi connectivity index (χ0) is 25.3. The van der Waals surface area contributed by atoms with Crippen molar-refractivity contribution in [3.05, 3.63) is 76.4 Å². The number of methoxy groups -OCH3 is 2. The third-order valence-corrected chi connectivity index (χ3v) is 7.37. The molecule has 0 saturated heterocycles. The second-order valence-corrected chi connectivity index (χ2v) is 10.0. The number of nitrogens with one attached hydrogen (secondary N) is 2. The van der Waals surface area contributed by atoms with E-state index in [4.69, 9.17) is 32.7 Å². The highest BCUT2D eigenvalue weighted by atomic mass is 35.5. The summed E-state index contributed by atoms with van der Waals surface area (Å²) in [6.45, 7) is 0. The number of carbonyl (C=O) groups excluding carboxylic acids is 1. The van der Waals surface area contributed by atoms with Gasteiger partial charge in [0.15, 0.2) is 0 Å². The quantitative estimate of drug-likeness (QED) is 0.331. The van der Waals surface area contributed by atoms with E-state index >= 15 is 0 Å². The highest BCUT2D eigenvalue weighted by Gasteiger charge is 2.23. The highest BCUT2D eigenvalue weighted by molar-refractivity contribution is 7.90. The average molecular weight is 534 g/mol. The van der Waals surface area contributed by atoms with Gasteiger partial charge in [-0.25, -0.2) is 13.1 Å². The van der Waals surface area contributed by atoms with E-state index in [0.29, 0.717) is 43.8 Å². The maximum absolute atomic E-state index is 13.0. The molecule has 4 aromatic rings. The first-order valence-corrected chi connectivity index (χ1v) is 12.5. The Hall–Kier alpha value is -3.40. The first-order chi connectivity index (χ1) is 16.6. The van der Waals surface area contributed by atoms with Crippen LogP contribution in [0.5, 0.6) is 11.5 Å². The van der Waals surface area contributed by atoms with E-state index in [0.717, 1.165) is 0 Å². The van der Waals surface area contributed by atoms with Gasteiger partial charge in [0.05, 0.1) is 34.7 Å². The zero-order valence-electron chi connectivity index (χ0n) is 18.9. The molecule has 0 aliphatic rings. The molecule has 3 aromatic carbocycles. The van der Waals surface area contributed by atoms with Crippen molar-refractivity contribution in [2.45, 2.75) is 4.90 Å². The molecule has 0 aliphatic heterocycles. The summed E-state index contributed by atoms with van der Waals surface area (Å²) in [5, 5.41) is 4.76. The fraction of sp³-hybridized carbons (Fsp3) is 0.125. The fourth-order valence-electron chi connectivity index (χ4n) is 3.63. The second kappa shape index (κ2) is 9.69. The van der Waals surface area contributed by atoms with Gasteiger partial charge in [-0.05, 0) is 54.6 Å². The van der Waals surface area contributed by atoms with Crippen molar-refractivity contribution in [2.75, 3.05) is 19.5 Å². The van der Waals surface area contributed by atoms with Gasteiger partial charge in [-0.1, -0.05) is 23.2 Å². The smallest absolute Gasteiger partial charge is 0.281 e. The third kappa shape index (κ3) is 4.88. The molecule has 0 saturated carbocycles. The van der Waals surface area contributed by atoms with E-state index in [1.54, 1.807) is 48.0 Å².